The summed E-state index contributed by atoms with van der Waals surface area (Å²) in [6, 6.07) is 7.52. The second-order valence-electron chi connectivity index (χ2n) is 2.82. The molecule has 0 saturated carbocycles. The van der Waals surface area contributed by atoms with E-state index in [2.05, 4.69) is 0 Å². The summed E-state index contributed by atoms with van der Waals surface area (Å²) in [7, 11) is 1.64. The molecule has 0 radical (unpaired) electrons. The molecule has 13 heavy (non-hydrogen) atoms. The summed E-state index contributed by atoms with van der Waals surface area (Å²) in [5, 5.41) is 11.2. The van der Waals surface area contributed by atoms with Gasteiger partial charge in [-0.15, -0.1) is 0 Å². The number of fused-ring (bicyclic) bond motifs is 1. The molecule has 0 bridgehead atoms. The van der Waals surface area contributed by atoms with Gasteiger partial charge < -0.3 is 4.74 Å². The number of ether oxygens (including phenoxy) is 1. The molecule has 2 rings (SSSR count). The van der Waals surface area contributed by atoms with Gasteiger partial charge in [0, 0.05) is 10.8 Å². The number of pyridine rings is 1. The number of hydrogen-bond donors (Lipinski definition) is 1. The lowest BCUT2D eigenvalue weighted by molar-refractivity contribution is -0.903. The minimum absolute atomic E-state index is 0.822. The van der Waals surface area contributed by atoms with E-state index in [1.165, 1.54) is 0 Å². The molecule has 0 fully saturated rings. The molecule has 0 spiro atoms. The van der Waals surface area contributed by atoms with Gasteiger partial charge >= 0.3 is 0 Å². The summed E-state index contributed by atoms with van der Waals surface area (Å²) < 4.78 is 6.12. The molecule has 0 saturated heterocycles. The normalized spacial score (nSPS) is 10.2. The molecule has 0 aliphatic carbocycles. The highest BCUT2D eigenvalue weighted by molar-refractivity contribution is 5.82. The fourth-order valence-corrected chi connectivity index (χ4v) is 1.28. The summed E-state index contributed by atoms with van der Waals surface area (Å²) >= 11 is 0. The third-order valence-corrected chi connectivity index (χ3v) is 1.97. The predicted molar refractivity (Wildman–Crippen MR) is 47.9 cm³/mol. The van der Waals surface area contributed by atoms with Gasteiger partial charge in [-0.2, -0.15) is 0 Å². The van der Waals surface area contributed by atoms with Gasteiger partial charge in [0.15, 0.2) is 0 Å². The van der Waals surface area contributed by atoms with Crippen LogP contribution in [0, 0.1) is 0 Å². The Kier molecular flexibility index (Phi) is 1.77. The van der Waals surface area contributed by atoms with Gasteiger partial charge in [0.1, 0.15) is 5.75 Å². The average molecular weight is 176 g/mol. The van der Waals surface area contributed by atoms with Crippen LogP contribution in [0.3, 0.4) is 0 Å². The van der Waals surface area contributed by atoms with E-state index in [0.29, 0.717) is 0 Å². The zero-order valence-corrected chi connectivity index (χ0v) is 7.27. The van der Waals surface area contributed by atoms with E-state index in [-0.39, 0.29) is 0 Å². The number of aromatic nitrogens is 1. The number of rotatable bonds is 1. The van der Waals surface area contributed by atoms with Gasteiger partial charge in [-0.1, -0.05) is 0 Å². The van der Waals surface area contributed by atoms with Gasteiger partial charge in [-0.3, -0.25) is 5.21 Å². The highest BCUT2D eigenvalue weighted by atomic mass is 16.5. The van der Waals surface area contributed by atoms with Crippen molar-refractivity contribution in [2.24, 2.45) is 0 Å². The molecule has 0 aliphatic heterocycles. The fraction of sp³-hybridized carbons (Fsp3) is 0.100. The Hall–Kier alpha value is -1.77. The quantitative estimate of drug-likeness (QED) is 0.526. The van der Waals surface area contributed by atoms with Crippen LogP contribution < -0.4 is 9.47 Å². The lowest BCUT2D eigenvalue weighted by Crippen LogP contribution is -2.27. The van der Waals surface area contributed by atoms with Crippen molar-refractivity contribution < 1.29 is 14.7 Å². The summed E-state index contributed by atoms with van der Waals surface area (Å²) in [6.07, 6.45) is 3.23. The third-order valence-electron chi connectivity index (χ3n) is 1.97. The number of nitrogens with zero attached hydrogens (tertiary/aromatic N) is 1. The lowest BCUT2D eigenvalue weighted by atomic mass is 10.2. The Morgan fingerprint density at radius 2 is 2.08 bits per heavy atom. The second-order valence-corrected chi connectivity index (χ2v) is 2.82. The van der Waals surface area contributed by atoms with Gasteiger partial charge in [0.25, 0.3) is 0 Å². The van der Waals surface area contributed by atoms with Crippen LogP contribution in [-0.2, 0) is 0 Å². The Bertz CT molecular complexity index is 440. The lowest BCUT2D eigenvalue weighted by Gasteiger charge is -1.99. The van der Waals surface area contributed by atoms with Crippen LogP contribution in [0.1, 0.15) is 0 Å². The molecule has 1 heterocycles. The van der Waals surface area contributed by atoms with E-state index in [4.69, 9.17) is 9.94 Å². The van der Waals surface area contributed by atoms with Crippen molar-refractivity contribution in [3.63, 3.8) is 0 Å². The van der Waals surface area contributed by atoms with E-state index < -0.39 is 0 Å². The summed E-state index contributed by atoms with van der Waals surface area (Å²) in [5.41, 5.74) is 0. The van der Waals surface area contributed by atoms with E-state index in [1.807, 2.05) is 24.3 Å². The highest BCUT2D eigenvalue weighted by Gasteiger charge is 2.01. The molecular weight excluding hydrogens is 166 g/mol. The molecule has 0 aliphatic rings. The zero-order chi connectivity index (χ0) is 9.26. The average Bonchev–Trinajstić information content (AvgIpc) is 2.17. The van der Waals surface area contributed by atoms with Crippen LogP contribution in [0.15, 0.2) is 36.7 Å². The van der Waals surface area contributed by atoms with Crippen molar-refractivity contribution >= 4 is 10.8 Å². The van der Waals surface area contributed by atoms with Gasteiger partial charge in [-0.05, 0) is 23.6 Å². The fourth-order valence-electron chi connectivity index (χ4n) is 1.28. The minimum atomic E-state index is 0.822. The van der Waals surface area contributed by atoms with Crippen LogP contribution in [0.4, 0.5) is 0 Å². The van der Waals surface area contributed by atoms with E-state index in [1.54, 1.807) is 19.5 Å². The standard InChI is InChI=1S/C10H10NO2/c1-13-10-3-2-9-7-11(12)5-4-8(9)6-10/h2-7,12H,1H3/q+1. The predicted octanol–water partition coefficient (Wildman–Crippen LogP) is 1.37. The Balaban J connectivity index is 2.66. The van der Waals surface area contributed by atoms with Gasteiger partial charge in [0.2, 0.25) is 12.4 Å². The number of methoxy groups -OCH3 is 1. The molecule has 2 aromatic rings. The van der Waals surface area contributed by atoms with Gasteiger partial charge in [-0.25, -0.2) is 0 Å². The summed E-state index contributed by atoms with van der Waals surface area (Å²) in [4.78, 5) is 0. The van der Waals surface area contributed by atoms with E-state index in [0.717, 1.165) is 21.3 Å². The molecule has 66 valence electrons. The SMILES string of the molecule is COc1ccc2c[n+](O)ccc2c1. The summed E-state index contributed by atoms with van der Waals surface area (Å²) in [5.74, 6) is 0.822. The van der Waals surface area contributed by atoms with Crippen LogP contribution >= 0.6 is 0 Å². The van der Waals surface area contributed by atoms with Crippen molar-refractivity contribution in [3.8, 4) is 5.75 Å². The van der Waals surface area contributed by atoms with E-state index in [9.17, 15) is 0 Å². The first-order valence-corrected chi connectivity index (χ1v) is 3.98. The van der Waals surface area contributed by atoms with Crippen LogP contribution in [0.2, 0.25) is 0 Å². The maximum absolute atomic E-state index is 9.14. The topological polar surface area (TPSA) is 33.3 Å². The maximum Gasteiger partial charge on any atom is 0.230 e. The van der Waals surface area contributed by atoms with Crippen molar-refractivity contribution in [2.75, 3.05) is 7.11 Å². The van der Waals surface area contributed by atoms with E-state index >= 15 is 0 Å². The van der Waals surface area contributed by atoms with Crippen molar-refractivity contribution in [1.82, 2.24) is 0 Å². The Morgan fingerprint density at radius 3 is 2.85 bits per heavy atom. The monoisotopic (exact) mass is 176 g/mol. The molecule has 3 nitrogen and oxygen atoms in total. The summed E-state index contributed by atoms with van der Waals surface area (Å²) in [6.45, 7) is 0. The highest BCUT2D eigenvalue weighted by Crippen LogP contribution is 2.18. The van der Waals surface area contributed by atoms with Crippen molar-refractivity contribution in [1.29, 1.82) is 0 Å². The third kappa shape index (κ3) is 1.40. The second kappa shape index (κ2) is 2.94. The molecule has 1 N–H and O–H groups in total. The zero-order valence-electron chi connectivity index (χ0n) is 7.27. The number of hydrogen-bond acceptors (Lipinski definition) is 2. The van der Waals surface area contributed by atoms with Crippen molar-refractivity contribution in [3.05, 3.63) is 36.7 Å². The Morgan fingerprint density at radius 1 is 1.23 bits per heavy atom. The smallest absolute Gasteiger partial charge is 0.230 e. The molecule has 0 atom stereocenters. The molecule has 0 amide bonds. The largest absolute Gasteiger partial charge is 0.497 e. The van der Waals surface area contributed by atoms with Crippen LogP contribution in [-0.4, -0.2) is 12.3 Å². The molecule has 3 heteroatoms. The van der Waals surface area contributed by atoms with Gasteiger partial charge in [0.05, 0.1) is 12.5 Å². The molecule has 0 unspecified atom stereocenters. The first kappa shape index (κ1) is 7.86. The minimum Gasteiger partial charge on any atom is -0.497 e. The van der Waals surface area contributed by atoms with Crippen LogP contribution in [0.5, 0.6) is 5.75 Å². The first-order chi connectivity index (χ1) is 6.29. The Labute approximate surface area is 75.8 Å². The first-order valence-electron chi connectivity index (χ1n) is 3.98. The molecule has 1 aromatic heterocycles. The number of benzene rings is 1. The van der Waals surface area contributed by atoms with Crippen molar-refractivity contribution in [2.45, 2.75) is 0 Å². The van der Waals surface area contributed by atoms with Crippen LogP contribution in [0.25, 0.3) is 10.8 Å². The molecular formula is C10H10NO2+. The molecule has 1 aromatic carbocycles. The maximum atomic E-state index is 9.14.